The first-order valence-corrected chi connectivity index (χ1v) is 5.97. The quantitative estimate of drug-likeness (QED) is 0.601. The third kappa shape index (κ3) is 3.20. The van der Waals surface area contributed by atoms with Crippen molar-refractivity contribution < 1.29 is 5.11 Å². The highest BCUT2D eigenvalue weighted by molar-refractivity contribution is 5.50. The van der Waals surface area contributed by atoms with Crippen molar-refractivity contribution in [1.29, 1.82) is 0 Å². The normalized spacial score (nSPS) is 22.9. The monoisotopic (exact) mass is 237 g/mol. The summed E-state index contributed by atoms with van der Waals surface area (Å²) in [5.41, 5.74) is 5.62. The predicted molar refractivity (Wildman–Crippen MR) is 67.8 cm³/mol. The van der Waals surface area contributed by atoms with Crippen molar-refractivity contribution in [2.45, 2.75) is 25.9 Å². The topological polar surface area (TPSA) is 96.1 Å². The zero-order valence-corrected chi connectivity index (χ0v) is 9.98. The number of nitrogens with one attached hydrogen (secondary N) is 2. The molecule has 1 heterocycles. The van der Waals surface area contributed by atoms with Crippen LogP contribution in [0.2, 0.25) is 0 Å². The number of nitrogens with zero attached hydrogens (tertiary/aromatic N) is 2. The van der Waals surface area contributed by atoms with Gasteiger partial charge in [0.15, 0.2) is 0 Å². The number of hydrogen-bond donors (Lipinski definition) is 4. The molecule has 0 saturated heterocycles. The molecule has 1 saturated carbocycles. The van der Waals surface area contributed by atoms with Crippen LogP contribution in [-0.2, 0) is 0 Å². The maximum atomic E-state index is 9.19. The zero-order chi connectivity index (χ0) is 12.3. The molecule has 0 amide bonds. The van der Waals surface area contributed by atoms with E-state index in [1.54, 1.807) is 0 Å². The summed E-state index contributed by atoms with van der Waals surface area (Å²) < 4.78 is 0. The highest BCUT2D eigenvalue weighted by Crippen LogP contribution is 2.27. The first-order valence-electron chi connectivity index (χ1n) is 5.97. The summed E-state index contributed by atoms with van der Waals surface area (Å²) in [6.07, 6.45) is 1.62. The van der Waals surface area contributed by atoms with Gasteiger partial charge in [0.1, 0.15) is 11.6 Å². The summed E-state index contributed by atoms with van der Waals surface area (Å²) in [7, 11) is 0. The van der Waals surface area contributed by atoms with E-state index in [1.807, 2.05) is 13.0 Å². The Balaban J connectivity index is 1.90. The molecule has 0 radical (unpaired) electrons. The molecule has 5 N–H and O–H groups in total. The molecular formula is C11H19N5O. The van der Waals surface area contributed by atoms with E-state index in [0.717, 1.165) is 37.6 Å². The fourth-order valence-electron chi connectivity index (χ4n) is 1.94. The van der Waals surface area contributed by atoms with Crippen molar-refractivity contribution in [2.24, 2.45) is 5.92 Å². The largest absolute Gasteiger partial charge is 0.393 e. The molecule has 1 aromatic heterocycles. The number of aromatic nitrogens is 2. The average Bonchev–Trinajstić information content (AvgIpc) is 2.22. The van der Waals surface area contributed by atoms with E-state index in [0.29, 0.717) is 5.92 Å². The molecule has 1 aliphatic rings. The first-order chi connectivity index (χ1) is 8.17. The Morgan fingerprint density at radius 2 is 2.00 bits per heavy atom. The third-order valence-corrected chi connectivity index (χ3v) is 2.88. The second-order valence-corrected chi connectivity index (χ2v) is 4.40. The standard InChI is InChI=1S/C11H19N5O/c1-2-13-9-5-10(16-11(12)15-9)14-6-7-3-8(17)4-7/h5,7-8,17H,2-4,6H2,1H3,(H4,12,13,14,15,16). The summed E-state index contributed by atoms with van der Waals surface area (Å²) in [6, 6.07) is 1.84. The minimum atomic E-state index is -0.116. The van der Waals surface area contributed by atoms with Gasteiger partial charge in [0.25, 0.3) is 0 Å². The molecule has 0 spiro atoms. The Kier molecular flexibility index (Phi) is 3.63. The smallest absolute Gasteiger partial charge is 0.223 e. The van der Waals surface area contributed by atoms with E-state index >= 15 is 0 Å². The van der Waals surface area contributed by atoms with E-state index in [1.165, 1.54) is 0 Å². The van der Waals surface area contributed by atoms with Crippen molar-refractivity contribution in [1.82, 2.24) is 9.97 Å². The Morgan fingerprint density at radius 3 is 2.59 bits per heavy atom. The summed E-state index contributed by atoms with van der Waals surface area (Å²) in [5, 5.41) is 15.5. The van der Waals surface area contributed by atoms with Crippen LogP contribution in [0.25, 0.3) is 0 Å². The molecule has 6 nitrogen and oxygen atoms in total. The lowest BCUT2D eigenvalue weighted by atomic mass is 9.82. The molecular weight excluding hydrogens is 218 g/mol. The Hall–Kier alpha value is -1.56. The lowest BCUT2D eigenvalue weighted by molar-refractivity contribution is 0.0486. The molecule has 1 aromatic rings. The second-order valence-electron chi connectivity index (χ2n) is 4.40. The maximum Gasteiger partial charge on any atom is 0.223 e. The molecule has 0 unspecified atom stereocenters. The molecule has 6 heteroatoms. The van der Waals surface area contributed by atoms with Crippen molar-refractivity contribution in [2.75, 3.05) is 29.5 Å². The molecule has 0 aliphatic heterocycles. The van der Waals surface area contributed by atoms with Crippen LogP contribution in [0, 0.1) is 5.92 Å². The summed E-state index contributed by atoms with van der Waals surface area (Å²) >= 11 is 0. The van der Waals surface area contributed by atoms with Crippen LogP contribution in [0.4, 0.5) is 17.6 Å². The van der Waals surface area contributed by atoms with Crippen LogP contribution >= 0.6 is 0 Å². The van der Waals surface area contributed by atoms with Gasteiger partial charge < -0.3 is 21.5 Å². The molecule has 17 heavy (non-hydrogen) atoms. The van der Waals surface area contributed by atoms with Crippen LogP contribution in [0.3, 0.4) is 0 Å². The van der Waals surface area contributed by atoms with E-state index in [-0.39, 0.29) is 12.1 Å². The number of aliphatic hydroxyl groups excluding tert-OH is 1. The van der Waals surface area contributed by atoms with E-state index in [2.05, 4.69) is 20.6 Å². The van der Waals surface area contributed by atoms with Gasteiger partial charge in [0.2, 0.25) is 5.95 Å². The molecule has 1 aliphatic carbocycles. The van der Waals surface area contributed by atoms with E-state index < -0.39 is 0 Å². The molecule has 94 valence electrons. The minimum absolute atomic E-state index is 0.116. The van der Waals surface area contributed by atoms with Gasteiger partial charge in [-0.05, 0) is 25.7 Å². The molecule has 0 atom stereocenters. The summed E-state index contributed by atoms with van der Waals surface area (Å²) in [5.74, 6) is 2.26. The van der Waals surface area contributed by atoms with Gasteiger partial charge in [0.05, 0.1) is 6.10 Å². The van der Waals surface area contributed by atoms with Gasteiger partial charge in [-0.2, -0.15) is 9.97 Å². The van der Waals surface area contributed by atoms with Crippen LogP contribution in [0.5, 0.6) is 0 Å². The Bertz CT molecular complexity index is 378. The van der Waals surface area contributed by atoms with Crippen LogP contribution in [-0.4, -0.2) is 34.3 Å². The fraction of sp³-hybridized carbons (Fsp3) is 0.636. The fourth-order valence-corrected chi connectivity index (χ4v) is 1.94. The van der Waals surface area contributed by atoms with E-state index in [4.69, 9.17) is 5.73 Å². The van der Waals surface area contributed by atoms with Crippen molar-refractivity contribution >= 4 is 17.6 Å². The molecule has 0 aromatic carbocycles. The third-order valence-electron chi connectivity index (χ3n) is 2.88. The minimum Gasteiger partial charge on any atom is -0.393 e. The maximum absolute atomic E-state index is 9.19. The number of aliphatic hydroxyl groups is 1. The zero-order valence-electron chi connectivity index (χ0n) is 9.98. The number of hydrogen-bond acceptors (Lipinski definition) is 6. The molecule has 0 bridgehead atoms. The average molecular weight is 237 g/mol. The van der Waals surface area contributed by atoms with E-state index in [9.17, 15) is 5.11 Å². The second kappa shape index (κ2) is 5.18. The van der Waals surface area contributed by atoms with Gasteiger partial charge in [-0.3, -0.25) is 0 Å². The van der Waals surface area contributed by atoms with Crippen molar-refractivity contribution in [3.05, 3.63) is 6.07 Å². The SMILES string of the molecule is CCNc1cc(NCC2CC(O)C2)nc(N)n1. The molecule has 1 fully saturated rings. The predicted octanol–water partition coefficient (Wildman–Crippen LogP) is 0.673. The summed E-state index contributed by atoms with van der Waals surface area (Å²) in [4.78, 5) is 8.19. The van der Waals surface area contributed by atoms with Gasteiger partial charge in [-0.1, -0.05) is 0 Å². The van der Waals surface area contributed by atoms with Gasteiger partial charge in [-0.25, -0.2) is 0 Å². The number of rotatable bonds is 5. The van der Waals surface area contributed by atoms with Gasteiger partial charge in [-0.15, -0.1) is 0 Å². The van der Waals surface area contributed by atoms with Crippen molar-refractivity contribution in [3.63, 3.8) is 0 Å². The number of nitrogens with two attached hydrogens (primary N) is 1. The highest BCUT2D eigenvalue weighted by atomic mass is 16.3. The summed E-state index contributed by atoms with van der Waals surface area (Å²) in [6.45, 7) is 3.62. The first kappa shape index (κ1) is 11.9. The lowest BCUT2D eigenvalue weighted by Crippen LogP contribution is -2.33. The van der Waals surface area contributed by atoms with Crippen LogP contribution < -0.4 is 16.4 Å². The Labute approximate surface area is 101 Å². The van der Waals surface area contributed by atoms with Crippen LogP contribution in [0.1, 0.15) is 19.8 Å². The van der Waals surface area contributed by atoms with Crippen molar-refractivity contribution in [3.8, 4) is 0 Å². The Morgan fingerprint density at radius 1 is 1.35 bits per heavy atom. The number of anilines is 3. The highest BCUT2D eigenvalue weighted by Gasteiger charge is 2.26. The number of nitrogen functional groups attached to an aromatic ring is 1. The molecule has 2 rings (SSSR count). The van der Waals surface area contributed by atoms with Gasteiger partial charge >= 0.3 is 0 Å². The van der Waals surface area contributed by atoms with Gasteiger partial charge in [0, 0.05) is 19.2 Å². The lowest BCUT2D eigenvalue weighted by Gasteiger charge is -2.31. The van der Waals surface area contributed by atoms with Crippen LogP contribution in [0.15, 0.2) is 6.07 Å².